The molecule has 1 aromatic carbocycles. The minimum Gasteiger partial charge on any atom is -0.481 e. The number of methoxy groups -OCH3 is 1. The van der Waals surface area contributed by atoms with Crippen LogP contribution in [-0.4, -0.2) is 17.1 Å². The maximum Gasteiger partial charge on any atom is 0.223 e. The van der Waals surface area contributed by atoms with Crippen LogP contribution in [0.5, 0.6) is 5.88 Å². The Kier molecular flexibility index (Phi) is 3.07. The summed E-state index contributed by atoms with van der Waals surface area (Å²) in [4.78, 5) is 8.37. The first-order chi connectivity index (χ1) is 9.28. The number of benzene rings is 1. The molecule has 0 atom stereocenters. The maximum absolute atomic E-state index is 5.74. The summed E-state index contributed by atoms with van der Waals surface area (Å²) >= 11 is 0. The Hall–Kier alpha value is -2.10. The van der Waals surface area contributed by atoms with Crippen LogP contribution in [0.15, 0.2) is 30.3 Å². The molecular weight excluding hydrogens is 238 g/mol. The molecule has 0 bridgehead atoms. The summed E-state index contributed by atoms with van der Waals surface area (Å²) in [6, 6.07) is 10.2. The van der Waals surface area contributed by atoms with E-state index in [9.17, 15) is 0 Å². The van der Waals surface area contributed by atoms with Gasteiger partial charge >= 0.3 is 0 Å². The summed E-state index contributed by atoms with van der Waals surface area (Å²) in [6.45, 7) is 0. The largest absolute Gasteiger partial charge is 0.481 e. The summed E-state index contributed by atoms with van der Waals surface area (Å²) in [5, 5.41) is 0. The van der Waals surface area contributed by atoms with Gasteiger partial charge in [0.15, 0.2) is 0 Å². The zero-order valence-corrected chi connectivity index (χ0v) is 11.0. The first-order valence-electron chi connectivity index (χ1n) is 6.56. The van der Waals surface area contributed by atoms with E-state index in [1.54, 1.807) is 7.11 Å². The molecule has 1 fully saturated rings. The molecule has 4 heteroatoms. The number of aromatic nitrogens is 2. The van der Waals surface area contributed by atoms with Crippen molar-refractivity contribution in [1.82, 2.24) is 9.97 Å². The van der Waals surface area contributed by atoms with Crippen LogP contribution >= 0.6 is 0 Å². The molecule has 1 heterocycles. The van der Waals surface area contributed by atoms with Gasteiger partial charge in [-0.1, -0.05) is 30.7 Å². The Morgan fingerprint density at radius 3 is 2.68 bits per heavy atom. The van der Waals surface area contributed by atoms with E-state index in [0.29, 0.717) is 11.8 Å². The van der Waals surface area contributed by atoms with E-state index in [-0.39, 0.29) is 5.95 Å². The Morgan fingerprint density at radius 1 is 1.21 bits per heavy atom. The number of nitrogens with zero attached hydrogens (tertiary/aromatic N) is 2. The summed E-state index contributed by atoms with van der Waals surface area (Å²) in [5.41, 5.74) is 9.08. The fourth-order valence-electron chi connectivity index (χ4n) is 2.49. The van der Waals surface area contributed by atoms with Crippen molar-refractivity contribution in [2.45, 2.75) is 25.2 Å². The molecule has 0 amide bonds. The van der Waals surface area contributed by atoms with Crippen LogP contribution in [0.2, 0.25) is 0 Å². The predicted octanol–water partition coefficient (Wildman–Crippen LogP) is 3.00. The number of rotatable bonds is 3. The highest BCUT2D eigenvalue weighted by Crippen LogP contribution is 2.40. The van der Waals surface area contributed by atoms with E-state index in [1.165, 1.54) is 24.8 Å². The van der Waals surface area contributed by atoms with Crippen LogP contribution in [-0.2, 0) is 0 Å². The van der Waals surface area contributed by atoms with Gasteiger partial charge < -0.3 is 10.5 Å². The second-order valence-corrected chi connectivity index (χ2v) is 4.87. The summed E-state index contributed by atoms with van der Waals surface area (Å²) in [5.74, 6) is 1.40. The highest BCUT2D eigenvalue weighted by Gasteiger charge is 2.23. The van der Waals surface area contributed by atoms with Gasteiger partial charge in [-0.05, 0) is 24.3 Å². The van der Waals surface area contributed by atoms with Crippen LogP contribution in [0.3, 0.4) is 0 Å². The summed E-state index contributed by atoms with van der Waals surface area (Å²) in [6.07, 6.45) is 3.83. The molecule has 1 saturated carbocycles. The van der Waals surface area contributed by atoms with Gasteiger partial charge in [0.2, 0.25) is 11.8 Å². The van der Waals surface area contributed by atoms with Crippen molar-refractivity contribution in [2.75, 3.05) is 12.8 Å². The molecule has 98 valence electrons. The highest BCUT2D eigenvalue weighted by atomic mass is 16.5. The molecule has 0 unspecified atom stereocenters. The second kappa shape index (κ2) is 4.88. The monoisotopic (exact) mass is 255 g/mol. The molecule has 3 rings (SSSR count). The Bertz CT molecular complexity index is 594. The number of hydrogen-bond acceptors (Lipinski definition) is 4. The van der Waals surface area contributed by atoms with E-state index in [1.807, 2.05) is 12.1 Å². The average molecular weight is 255 g/mol. The van der Waals surface area contributed by atoms with Crippen molar-refractivity contribution in [3.8, 4) is 17.1 Å². The highest BCUT2D eigenvalue weighted by molar-refractivity contribution is 5.66. The molecule has 0 saturated heterocycles. The van der Waals surface area contributed by atoms with Gasteiger partial charge in [0, 0.05) is 11.6 Å². The Balaban J connectivity index is 2.08. The number of ether oxygens (including phenoxy) is 1. The van der Waals surface area contributed by atoms with Crippen LogP contribution in [0.25, 0.3) is 11.3 Å². The van der Waals surface area contributed by atoms with Gasteiger partial charge in [-0.15, -0.1) is 0 Å². The molecule has 1 aliphatic rings. The van der Waals surface area contributed by atoms with Crippen molar-refractivity contribution < 1.29 is 4.74 Å². The maximum atomic E-state index is 5.74. The average Bonchev–Trinajstić information content (AvgIpc) is 2.36. The fraction of sp³-hybridized carbons (Fsp3) is 0.333. The smallest absolute Gasteiger partial charge is 0.223 e. The molecule has 4 nitrogen and oxygen atoms in total. The summed E-state index contributed by atoms with van der Waals surface area (Å²) in [7, 11) is 1.59. The standard InChI is InChI=1S/C15H17N3O/c1-19-14-9-13(17-15(16)18-14)12-8-3-2-7-11(12)10-5-4-6-10/h2-3,7-10H,4-6H2,1H3,(H2,16,17,18). The lowest BCUT2D eigenvalue weighted by molar-refractivity contribution is 0.398. The van der Waals surface area contributed by atoms with Crippen LogP contribution in [0, 0.1) is 0 Å². The molecule has 1 aliphatic carbocycles. The lowest BCUT2D eigenvalue weighted by Gasteiger charge is -2.27. The molecule has 0 aliphatic heterocycles. The van der Waals surface area contributed by atoms with E-state index in [4.69, 9.17) is 10.5 Å². The zero-order valence-electron chi connectivity index (χ0n) is 11.0. The van der Waals surface area contributed by atoms with Crippen molar-refractivity contribution in [2.24, 2.45) is 0 Å². The third kappa shape index (κ3) is 2.26. The second-order valence-electron chi connectivity index (χ2n) is 4.87. The minimum atomic E-state index is 0.248. The fourth-order valence-corrected chi connectivity index (χ4v) is 2.49. The van der Waals surface area contributed by atoms with E-state index < -0.39 is 0 Å². The molecule has 2 aromatic rings. The number of hydrogen-bond donors (Lipinski definition) is 1. The SMILES string of the molecule is COc1cc(-c2ccccc2C2CCC2)nc(N)n1. The topological polar surface area (TPSA) is 61.0 Å². The molecular formula is C15H17N3O. The Labute approximate surface area is 112 Å². The van der Waals surface area contributed by atoms with Gasteiger partial charge in [-0.3, -0.25) is 0 Å². The number of nitrogens with two attached hydrogens (primary N) is 1. The van der Waals surface area contributed by atoms with Gasteiger partial charge in [-0.2, -0.15) is 4.98 Å². The molecule has 0 spiro atoms. The minimum absolute atomic E-state index is 0.248. The van der Waals surface area contributed by atoms with Gasteiger partial charge in [0.05, 0.1) is 12.8 Å². The van der Waals surface area contributed by atoms with Crippen LogP contribution < -0.4 is 10.5 Å². The zero-order chi connectivity index (χ0) is 13.2. The molecule has 2 N–H and O–H groups in total. The molecule has 19 heavy (non-hydrogen) atoms. The first kappa shape index (κ1) is 12.0. The van der Waals surface area contributed by atoms with E-state index in [0.717, 1.165) is 11.3 Å². The van der Waals surface area contributed by atoms with Crippen molar-refractivity contribution in [1.29, 1.82) is 0 Å². The lowest BCUT2D eigenvalue weighted by atomic mass is 9.78. The lowest BCUT2D eigenvalue weighted by Crippen LogP contribution is -2.10. The normalized spacial score (nSPS) is 15.0. The van der Waals surface area contributed by atoms with Crippen molar-refractivity contribution in [3.63, 3.8) is 0 Å². The number of anilines is 1. The summed E-state index contributed by atoms with van der Waals surface area (Å²) < 4.78 is 5.17. The number of nitrogen functional groups attached to an aromatic ring is 1. The van der Waals surface area contributed by atoms with Gasteiger partial charge in [-0.25, -0.2) is 4.98 Å². The molecule has 0 radical (unpaired) electrons. The van der Waals surface area contributed by atoms with Crippen molar-refractivity contribution >= 4 is 5.95 Å². The van der Waals surface area contributed by atoms with E-state index >= 15 is 0 Å². The molecule has 1 aromatic heterocycles. The van der Waals surface area contributed by atoms with Crippen LogP contribution in [0.1, 0.15) is 30.7 Å². The third-order valence-electron chi connectivity index (χ3n) is 3.71. The van der Waals surface area contributed by atoms with Crippen molar-refractivity contribution in [3.05, 3.63) is 35.9 Å². The van der Waals surface area contributed by atoms with Gasteiger partial charge in [0.25, 0.3) is 0 Å². The third-order valence-corrected chi connectivity index (χ3v) is 3.71. The van der Waals surface area contributed by atoms with Gasteiger partial charge in [0.1, 0.15) is 0 Å². The van der Waals surface area contributed by atoms with E-state index in [2.05, 4.69) is 28.2 Å². The Morgan fingerprint density at radius 2 is 2.00 bits per heavy atom. The predicted molar refractivity (Wildman–Crippen MR) is 75.0 cm³/mol. The van der Waals surface area contributed by atoms with Crippen LogP contribution in [0.4, 0.5) is 5.95 Å². The quantitative estimate of drug-likeness (QED) is 0.915. The first-order valence-corrected chi connectivity index (χ1v) is 6.56.